The van der Waals surface area contributed by atoms with Gasteiger partial charge in [-0.15, -0.1) is 15.0 Å². The lowest BCUT2D eigenvalue weighted by molar-refractivity contribution is 0.454. The minimum atomic E-state index is 0.134. The minimum Gasteiger partial charge on any atom is -0.505 e. The Bertz CT molecular complexity index is 1360. The predicted molar refractivity (Wildman–Crippen MR) is 138 cm³/mol. The molecule has 0 spiro atoms. The van der Waals surface area contributed by atoms with E-state index >= 15 is 0 Å². The third-order valence-corrected chi connectivity index (χ3v) is 6.51. The number of rotatable bonds is 7. The zero-order chi connectivity index (χ0) is 23.5. The summed E-state index contributed by atoms with van der Waals surface area (Å²) in [6.07, 6.45) is 1.77. The van der Waals surface area contributed by atoms with Crippen LogP contribution in [0.5, 0.6) is 5.75 Å². The molecule has 0 saturated heterocycles. The highest BCUT2D eigenvalue weighted by Crippen LogP contribution is 2.37. The molecule has 1 heterocycles. The summed E-state index contributed by atoms with van der Waals surface area (Å²) in [6.45, 7) is 4.41. The molecule has 5 rings (SSSR count). The van der Waals surface area contributed by atoms with E-state index in [1.54, 1.807) is 4.80 Å². The molecule has 34 heavy (non-hydrogen) atoms. The number of phenols is 1. The lowest BCUT2D eigenvalue weighted by Crippen LogP contribution is -2.08. The number of hydrogen-bond acceptors (Lipinski definition) is 3. The number of nitrogens with zero attached hydrogens (tertiary/aromatic N) is 3. The van der Waals surface area contributed by atoms with E-state index in [4.69, 9.17) is 0 Å². The summed E-state index contributed by atoms with van der Waals surface area (Å²) in [5, 5.41) is 20.7. The molecule has 0 radical (unpaired) electrons. The van der Waals surface area contributed by atoms with Gasteiger partial charge >= 0.3 is 0 Å². The van der Waals surface area contributed by atoms with Gasteiger partial charge in [-0.1, -0.05) is 92.7 Å². The smallest absolute Gasteiger partial charge is 0.146 e. The van der Waals surface area contributed by atoms with Crippen LogP contribution in [0.3, 0.4) is 0 Å². The van der Waals surface area contributed by atoms with Crippen LogP contribution in [0.2, 0.25) is 0 Å². The van der Waals surface area contributed by atoms with Crippen LogP contribution >= 0.6 is 0 Å². The van der Waals surface area contributed by atoms with Crippen LogP contribution in [0.25, 0.3) is 16.7 Å². The fourth-order valence-electron chi connectivity index (χ4n) is 4.61. The molecule has 170 valence electrons. The van der Waals surface area contributed by atoms with Gasteiger partial charge in [0, 0.05) is 0 Å². The van der Waals surface area contributed by atoms with E-state index in [9.17, 15) is 5.11 Å². The molecular formula is C30H29N3O. The van der Waals surface area contributed by atoms with E-state index in [-0.39, 0.29) is 17.6 Å². The second-order valence-corrected chi connectivity index (χ2v) is 9.14. The summed E-state index contributed by atoms with van der Waals surface area (Å²) in [4.78, 5) is 1.58. The fraction of sp³-hybridized carbons (Fsp3) is 0.200. The quantitative estimate of drug-likeness (QED) is 0.298. The van der Waals surface area contributed by atoms with Crippen LogP contribution in [-0.2, 0) is 12.8 Å². The van der Waals surface area contributed by atoms with Gasteiger partial charge in [-0.25, -0.2) is 0 Å². The van der Waals surface area contributed by atoms with Crippen LogP contribution in [0.1, 0.15) is 47.9 Å². The number of hydrogen-bond donors (Lipinski definition) is 1. The summed E-state index contributed by atoms with van der Waals surface area (Å²) in [6, 6.07) is 33.0. The first-order chi connectivity index (χ1) is 16.6. The molecule has 0 bridgehead atoms. The average Bonchev–Trinajstić information content (AvgIpc) is 3.29. The largest absolute Gasteiger partial charge is 0.505 e. The van der Waals surface area contributed by atoms with Gasteiger partial charge in [0.2, 0.25) is 0 Å². The molecule has 4 aromatic carbocycles. The van der Waals surface area contributed by atoms with E-state index in [1.165, 1.54) is 16.7 Å². The third-order valence-electron chi connectivity index (χ3n) is 6.51. The van der Waals surface area contributed by atoms with E-state index < -0.39 is 0 Å². The van der Waals surface area contributed by atoms with Crippen LogP contribution < -0.4 is 0 Å². The van der Waals surface area contributed by atoms with Gasteiger partial charge in [-0.3, -0.25) is 0 Å². The monoisotopic (exact) mass is 447 g/mol. The molecule has 0 fully saturated rings. The van der Waals surface area contributed by atoms with E-state index in [1.807, 2.05) is 42.5 Å². The first kappa shape index (κ1) is 21.9. The van der Waals surface area contributed by atoms with Crippen molar-refractivity contribution in [3.05, 3.63) is 119 Å². The van der Waals surface area contributed by atoms with Crippen molar-refractivity contribution < 1.29 is 5.11 Å². The molecule has 4 nitrogen and oxygen atoms in total. The number of phenolic OH excluding ortho intramolecular Hbond substituents is 1. The summed E-state index contributed by atoms with van der Waals surface area (Å²) in [7, 11) is 0. The van der Waals surface area contributed by atoms with Crippen molar-refractivity contribution in [1.82, 2.24) is 15.0 Å². The Labute approximate surface area is 200 Å². The van der Waals surface area contributed by atoms with Crippen LogP contribution in [0, 0.1) is 0 Å². The maximum atomic E-state index is 11.4. The SMILES string of the molecule is CC(Cc1ccccc1)c1cc(C(C)Cc2ccccc2)c(O)c(-n2nc3ccccc3n2)c1. The fourth-order valence-corrected chi connectivity index (χ4v) is 4.61. The molecular weight excluding hydrogens is 418 g/mol. The van der Waals surface area contributed by atoms with Gasteiger partial charge in [0.05, 0.1) is 0 Å². The Balaban J connectivity index is 1.58. The number of aromatic nitrogens is 3. The molecule has 2 atom stereocenters. The third kappa shape index (κ3) is 4.58. The van der Waals surface area contributed by atoms with Crippen molar-refractivity contribution in [3.8, 4) is 11.4 Å². The topological polar surface area (TPSA) is 50.9 Å². The van der Waals surface area contributed by atoms with Crippen molar-refractivity contribution in [3.63, 3.8) is 0 Å². The first-order valence-electron chi connectivity index (χ1n) is 11.9. The lowest BCUT2D eigenvalue weighted by atomic mass is 9.87. The zero-order valence-electron chi connectivity index (χ0n) is 19.6. The van der Waals surface area contributed by atoms with E-state index in [0.29, 0.717) is 5.69 Å². The van der Waals surface area contributed by atoms with Crippen molar-refractivity contribution >= 4 is 11.0 Å². The molecule has 5 aromatic rings. The molecule has 0 aliphatic heterocycles. The Hall–Kier alpha value is -3.92. The van der Waals surface area contributed by atoms with Crippen molar-refractivity contribution in [1.29, 1.82) is 0 Å². The summed E-state index contributed by atoms with van der Waals surface area (Å²) < 4.78 is 0. The summed E-state index contributed by atoms with van der Waals surface area (Å²) in [5.41, 5.74) is 6.90. The van der Waals surface area contributed by atoms with Gasteiger partial charge in [0.15, 0.2) is 0 Å². The van der Waals surface area contributed by atoms with Crippen LogP contribution in [-0.4, -0.2) is 20.1 Å². The van der Waals surface area contributed by atoms with Crippen molar-refractivity contribution in [2.75, 3.05) is 0 Å². The summed E-state index contributed by atoms with van der Waals surface area (Å²) >= 11 is 0. The molecule has 0 saturated carbocycles. The zero-order valence-corrected chi connectivity index (χ0v) is 19.6. The highest BCUT2D eigenvalue weighted by molar-refractivity contribution is 5.73. The molecule has 0 aliphatic rings. The molecule has 0 amide bonds. The molecule has 2 unspecified atom stereocenters. The second-order valence-electron chi connectivity index (χ2n) is 9.14. The Morgan fingerprint density at radius 2 is 1.18 bits per heavy atom. The predicted octanol–water partition coefficient (Wildman–Crippen LogP) is 6.82. The number of benzene rings is 4. The summed E-state index contributed by atoms with van der Waals surface area (Å²) in [5.74, 6) is 0.656. The Morgan fingerprint density at radius 3 is 1.74 bits per heavy atom. The Kier molecular flexibility index (Phi) is 6.13. The lowest BCUT2D eigenvalue weighted by Gasteiger charge is -2.20. The molecule has 1 N–H and O–H groups in total. The van der Waals surface area contributed by atoms with E-state index in [0.717, 1.165) is 29.4 Å². The molecule has 4 heteroatoms. The molecule has 1 aromatic heterocycles. The minimum absolute atomic E-state index is 0.134. The van der Waals surface area contributed by atoms with Gasteiger partial charge in [0.25, 0.3) is 0 Å². The maximum Gasteiger partial charge on any atom is 0.146 e. The van der Waals surface area contributed by atoms with Gasteiger partial charge in [0.1, 0.15) is 22.5 Å². The average molecular weight is 448 g/mol. The standard InChI is InChI=1S/C30H29N3O/c1-21(17-23-11-5-3-6-12-23)25-19-26(22(2)18-24-13-7-4-8-14-24)30(34)29(20-25)33-31-27-15-9-10-16-28(27)32-33/h3-16,19-22,34H,17-18H2,1-2H3. The van der Waals surface area contributed by atoms with Crippen molar-refractivity contribution in [2.24, 2.45) is 0 Å². The highest BCUT2D eigenvalue weighted by atomic mass is 16.3. The second kappa shape index (κ2) is 9.52. The number of aromatic hydroxyl groups is 1. The number of fused-ring (bicyclic) bond motifs is 1. The normalized spacial score (nSPS) is 13.1. The van der Waals surface area contributed by atoms with Crippen LogP contribution in [0.4, 0.5) is 0 Å². The van der Waals surface area contributed by atoms with Gasteiger partial charge in [-0.05, 0) is 65.1 Å². The van der Waals surface area contributed by atoms with Gasteiger partial charge < -0.3 is 5.11 Å². The Morgan fingerprint density at radius 1 is 0.676 bits per heavy atom. The highest BCUT2D eigenvalue weighted by Gasteiger charge is 2.21. The van der Waals surface area contributed by atoms with Crippen molar-refractivity contribution in [2.45, 2.75) is 38.5 Å². The van der Waals surface area contributed by atoms with Gasteiger partial charge in [-0.2, -0.15) is 0 Å². The molecule has 0 aliphatic carbocycles. The van der Waals surface area contributed by atoms with E-state index in [2.05, 4.69) is 78.6 Å². The first-order valence-corrected chi connectivity index (χ1v) is 11.9. The maximum absolute atomic E-state index is 11.4. The van der Waals surface area contributed by atoms with Crippen LogP contribution in [0.15, 0.2) is 97.1 Å².